The highest BCUT2D eigenvalue weighted by Gasteiger charge is 2.20. The predicted molar refractivity (Wildman–Crippen MR) is 87.5 cm³/mol. The van der Waals surface area contributed by atoms with Crippen molar-refractivity contribution in [3.8, 4) is 0 Å². The number of nitrogens with one attached hydrogen (secondary N) is 2. The third kappa shape index (κ3) is 5.56. The SMILES string of the molecule is CN(CC(=O)NCC(=O)Nc1ccc(F)c(F)c1)C1CCCCC1. The van der Waals surface area contributed by atoms with Gasteiger partial charge >= 0.3 is 0 Å². The van der Waals surface area contributed by atoms with Crippen molar-refractivity contribution in [1.29, 1.82) is 0 Å². The largest absolute Gasteiger partial charge is 0.346 e. The first-order chi connectivity index (χ1) is 11.5. The van der Waals surface area contributed by atoms with E-state index in [1.165, 1.54) is 25.3 Å². The third-order valence-corrected chi connectivity index (χ3v) is 4.24. The van der Waals surface area contributed by atoms with Gasteiger partial charge in [0.25, 0.3) is 0 Å². The molecule has 7 heteroatoms. The Morgan fingerprint density at radius 2 is 1.83 bits per heavy atom. The summed E-state index contributed by atoms with van der Waals surface area (Å²) in [5.41, 5.74) is 0.146. The van der Waals surface area contributed by atoms with Gasteiger partial charge in [0.15, 0.2) is 11.6 Å². The van der Waals surface area contributed by atoms with Crippen molar-refractivity contribution in [2.45, 2.75) is 38.1 Å². The van der Waals surface area contributed by atoms with E-state index in [4.69, 9.17) is 0 Å². The molecular formula is C17H23F2N3O2. The lowest BCUT2D eigenvalue weighted by Gasteiger charge is -2.30. The quantitative estimate of drug-likeness (QED) is 0.836. The number of carbonyl (C=O) groups excluding carboxylic acids is 2. The molecule has 2 rings (SSSR count). The molecule has 1 fully saturated rings. The Morgan fingerprint density at radius 1 is 1.12 bits per heavy atom. The Balaban J connectivity index is 1.72. The molecule has 0 unspecified atom stereocenters. The monoisotopic (exact) mass is 339 g/mol. The number of hydrogen-bond acceptors (Lipinski definition) is 3. The van der Waals surface area contributed by atoms with E-state index in [1.54, 1.807) is 0 Å². The van der Waals surface area contributed by atoms with Crippen molar-refractivity contribution in [3.63, 3.8) is 0 Å². The maximum Gasteiger partial charge on any atom is 0.243 e. The molecular weight excluding hydrogens is 316 g/mol. The van der Waals surface area contributed by atoms with Gasteiger partial charge in [-0.3, -0.25) is 14.5 Å². The smallest absolute Gasteiger partial charge is 0.243 e. The van der Waals surface area contributed by atoms with Crippen LogP contribution in [0.5, 0.6) is 0 Å². The molecule has 1 aliphatic carbocycles. The molecule has 132 valence electrons. The van der Waals surface area contributed by atoms with Crippen LogP contribution in [0.4, 0.5) is 14.5 Å². The number of likely N-dealkylation sites (N-methyl/N-ethyl adjacent to an activating group) is 1. The molecule has 0 spiro atoms. The second-order valence-electron chi connectivity index (χ2n) is 6.16. The van der Waals surface area contributed by atoms with E-state index in [9.17, 15) is 18.4 Å². The number of amides is 2. The van der Waals surface area contributed by atoms with Gasteiger partial charge in [-0.1, -0.05) is 19.3 Å². The molecule has 5 nitrogen and oxygen atoms in total. The summed E-state index contributed by atoms with van der Waals surface area (Å²) in [6.07, 6.45) is 5.82. The summed E-state index contributed by atoms with van der Waals surface area (Å²) in [6.45, 7) is 0.0272. The number of halogens is 2. The summed E-state index contributed by atoms with van der Waals surface area (Å²) < 4.78 is 25.9. The molecule has 2 N–H and O–H groups in total. The number of benzene rings is 1. The average molecular weight is 339 g/mol. The first kappa shape index (κ1) is 18.3. The Morgan fingerprint density at radius 3 is 2.50 bits per heavy atom. The predicted octanol–water partition coefficient (Wildman–Crippen LogP) is 2.28. The fourth-order valence-corrected chi connectivity index (χ4v) is 2.89. The van der Waals surface area contributed by atoms with E-state index in [2.05, 4.69) is 10.6 Å². The maximum absolute atomic E-state index is 13.1. The van der Waals surface area contributed by atoms with E-state index >= 15 is 0 Å². The molecule has 1 aromatic carbocycles. The van der Waals surface area contributed by atoms with Gasteiger partial charge in [0.05, 0.1) is 13.1 Å². The van der Waals surface area contributed by atoms with E-state index < -0.39 is 17.5 Å². The zero-order chi connectivity index (χ0) is 17.5. The van der Waals surface area contributed by atoms with Crippen molar-refractivity contribution in [3.05, 3.63) is 29.8 Å². The Hall–Kier alpha value is -2.02. The molecule has 0 radical (unpaired) electrons. The van der Waals surface area contributed by atoms with Crippen LogP contribution in [0.25, 0.3) is 0 Å². The Labute approximate surface area is 140 Å². The number of rotatable bonds is 6. The Bertz CT molecular complexity index is 589. The van der Waals surface area contributed by atoms with Crippen molar-refractivity contribution in [2.75, 3.05) is 25.5 Å². The van der Waals surface area contributed by atoms with E-state index in [1.807, 2.05) is 11.9 Å². The van der Waals surface area contributed by atoms with Gasteiger partial charge in [-0.25, -0.2) is 8.78 Å². The summed E-state index contributed by atoms with van der Waals surface area (Å²) in [4.78, 5) is 25.7. The topological polar surface area (TPSA) is 61.4 Å². The van der Waals surface area contributed by atoms with Crippen LogP contribution < -0.4 is 10.6 Å². The van der Waals surface area contributed by atoms with Crippen LogP contribution in [0.15, 0.2) is 18.2 Å². The van der Waals surface area contributed by atoms with Crippen LogP contribution in [-0.2, 0) is 9.59 Å². The number of nitrogens with zero attached hydrogens (tertiary/aromatic N) is 1. The summed E-state index contributed by atoms with van der Waals surface area (Å²) in [5, 5.41) is 4.95. The molecule has 0 heterocycles. The minimum absolute atomic E-state index is 0.146. The third-order valence-electron chi connectivity index (χ3n) is 4.24. The summed E-state index contributed by atoms with van der Waals surface area (Å²) in [6, 6.07) is 3.50. The van der Waals surface area contributed by atoms with Gasteiger partial charge in [-0.15, -0.1) is 0 Å². The molecule has 1 saturated carbocycles. The van der Waals surface area contributed by atoms with E-state index in [-0.39, 0.29) is 24.7 Å². The van der Waals surface area contributed by atoms with Crippen LogP contribution in [0.2, 0.25) is 0 Å². The lowest BCUT2D eigenvalue weighted by Crippen LogP contribution is -2.43. The highest BCUT2D eigenvalue weighted by molar-refractivity contribution is 5.94. The van der Waals surface area contributed by atoms with Crippen LogP contribution in [0.1, 0.15) is 32.1 Å². The minimum Gasteiger partial charge on any atom is -0.346 e. The first-order valence-corrected chi connectivity index (χ1v) is 8.17. The van der Waals surface area contributed by atoms with Crippen LogP contribution in [0.3, 0.4) is 0 Å². The number of anilines is 1. The number of hydrogen-bond donors (Lipinski definition) is 2. The van der Waals surface area contributed by atoms with Gasteiger partial charge < -0.3 is 10.6 Å². The highest BCUT2D eigenvalue weighted by atomic mass is 19.2. The van der Waals surface area contributed by atoms with E-state index in [0.717, 1.165) is 25.0 Å². The van der Waals surface area contributed by atoms with Gasteiger partial charge in [0.1, 0.15) is 0 Å². The van der Waals surface area contributed by atoms with Crippen LogP contribution in [-0.4, -0.2) is 42.9 Å². The average Bonchev–Trinajstić information content (AvgIpc) is 2.57. The standard InChI is InChI=1S/C17H23F2N3O2/c1-22(13-5-3-2-4-6-13)11-17(24)20-10-16(23)21-12-7-8-14(18)15(19)9-12/h7-9,13H,2-6,10-11H2,1H3,(H,20,24)(H,21,23). The summed E-state index contributed by atoms with van der Waals surface area (Å²) in [5.74, 6) is -2.74. The van der Waals surface area contributed by atoms with Crippen molar-refractivity contribution >= 4 is 17.5 Å². The lowest BCUT2D eigenvalue weighted by molar-refractivity contribution is -0.125. The van der Waals surface area contributed by atoms with Crippen molar-refractivity contribution < 1.29 is 18.4 Å². The fourth-order valence-electron chi connectivity index (χ4n) is 2.89. The van der Waals surface area contributed by atoms with Crippen molar-refractivity contribution in [2.24, 2.45) is 0 Å². The Kier molecular flexibility index (Phi) is 6.66. The molecule has 2 amide bonds. The van der Waals surface area contributed by atoms with Crippen molar-refractivity contribution in [1.82, 2.24) is 10.2 Å². The molecule has 1 aliphatic rings. The molecule has 0 saturated heterocycles. The van der Waals surface area contributed by atoms with Gasteiger partial charge in [-0.05, 0) is 32.0 Å². The molecule has 0 aromatic heterocycles. The molecule has 1 aromatic rings. The lowest BCUT2D eigenvalue weighted by atomic mass is 9.94. The zero-order valence-corrected chi connectivity index (χ0v) is 13.8. The first-order valence-electron chi connectivity index (χ1n) is 8.17. The molecule has 24 heavy (non-hydrogen) atoms. The van der Waals surface area contributed by atoms with Gasteiger partial charge in [0, 0.05) is 17.8 Å². The van der Waals surface area contributed by atoms with Gasteiger partial charge in [-0.2, -0.15) is 0 Å². The van der Waals surface area contributed by atoms with Crippen LogP contribution in [0, 0.1) is 11.6 Å². The molecule has 0 atom stereocenters. The normalized spacial score (nSPS) is 15.3. The fraction of sp³-hybridized carbons (Fsp3) is 0.529. The molecule has 0 bridgehead atoms. The second-order valence-corrected chi connectivity index (χ2v) is 6.16. The summed E-state index contributed by atoms with van der Waals surface area (Å²) >= 11 is 0. The number of carbonyl (C=O) groups is 2. The van der Waals surface area contributed by atoms with Gasteiger partial charge in [0.2, 0.25) is 11.8 Å². The maximum atomic E-state index is 13.1. The second kappa shape index (κ2) is 8.73. The zero-order valence-electron chi connectivity index (χ0n) is 13.8. The van der Waals surface area contributed by atoms with E-state index in [0.29, 0.717) is 6.04 Å². The van der Waals surface area contributed by atoms with Crippen LogP contribution >= 0.6 is 0 Å². The minimum atomic E-state index is -1.04. The summed E-state index contributed by atoms with van der Waals surface area (Å²) in [7, 11) is 1.91. The highest BCUT2D eigenvalue weighted by Crippen LogP contribution is 2.21. The molecule has 0 aliphatic heterocycles.